The third-order valence-corrected chi connectivity index (χ3v) is 19.4. The molecule has 12 saturated carbocycles. The van der Waals surface area contributed by atoms with Gasteiger partial charge in [0.15, 0.2) is 24.8 Å². The number of carbonyl (C=O) groups excluding carboxylic acids is 3. The van der Waals surface area contributed by atoms with Crippen LogP contribution < -0.4 is 43.1 Å². The number of hydrogen-bond acceptors (Lipinski definition) is 5. The van der Waals surface area contributed by atoms with Crippen LogP contribution in [0.3, 0.4) is 0 Å². The first-order valence-corrected chi connectivity index (χ1v) is 27.8. The molecule has 12 aliphatic carbocycles. The van der Waals surface area contributed by atoms with Gasteiger partial charge in [-0.05, 0) is 215 Å². The Morgan fingerprint density at radius 2 is 0.708 bits per heavy atom. The number of rotatable bonds is 12. The van der Waals surface area contributed by atoms with E-state index in [4.69, 9.17) is 1.37 Å². The molecule has 12 bridgehead atoms. The maximum absolute atomic E-state index is 13.5. The van der Waals surface area contributed by atoms with Crippen molar-refractivity contribution in [2.45, 2.75) is 129 Å². The number of hydrogen-bond donors (Lipinski definition) is 0. The number of carbonyl (C=O) groups is 3. The summed E-state index contributed by atoms with van der Waals surface area (Å²) in [5.41, 5.74) is 4.64. The molecular formula is C61H74Br3FN4O3. The van der Waals surface area contributed by atoms with Gasteiger partial charge in [0.1, 0.15) is 5.78 Å². The molecular weight excluding hydrogens is 1100 g/mol. The largest absolute Gasteiger partial charge is 1.00 e. The molecule has 16 rings (SSSR count). The zero-order valence-corrected chi connectivity index (χ0v) is 46.6. The predicted octanol–water partition coefficient (Wildman–Crippen LogP) is 6.41. The van der Waals surface area contributed by atoms with Gasteiger partial charge in [0.05, 0.1) is 13.9 Å². The molecule has 11 heteroatoms. The first-order valence-electron chi connectivity index (χ1n) is 27.4. The Balaban J connectivity index is 0.000000176. The SMILES string of the molecule is C(=C\c1ccncc1)/c1ccncc1.O=C(CBr)C12CC3CC(CC(C3)C1)C2.O=C(C[n+]1ccc(/C=C/c2cc[n+](CC(=O)C34CC5CC(CC(C5)C3)C4)cc2)cc1)C12CC3CC(CC(C3)C1)C2.[2H]CF.[Br-].[Br-]. The molecule has 0 amide bonds. The van der Waals surface area contributed by atoms with Crippen molar-refractivity contribution in [2.75, 3.05) is 12.5 Å². The van der Waals surface area contributed by atoms with E-state index >= 15 is 0 Å². The lowest BCUT2D eigenvalue weighted by Gasteiger charge is -2.55. The fourth-order valence-electron chi connectivity index (χ4n) is 16.9. The zero-order chi connectivity index (χ0) is 49.0. The zero-order valence-electron chi connectivity index (χ0n) is 42.8. The van der Waals surface area contributed by atoms with E-state index in [9.17, 15) is 18.8 Å². The maximum atomic E-state index is 13.5. The van der Waals surface area contributed by atoms with Gasteiger partial charge >= 0.3 is 0 Å². The van der Waals surface area contributed by atoms with Crippen molar-refractivity contribution in [1.29, 1.82) is 0 Å². The van der Waals surface area contributed by atoms with Gasteiger partial charge < -0.3 is 34.0 Å². The van der Waals surface area contributed by atoms with Crippen molar-refractivity contribution in [1.82, 2.24) is 9.97 Å². The molecule has 12 fully saturated rings. The molecule has 0 unspecified atom stereocenters. The Hall–Kier alpha value is -3.54. The van der Waals surface area contributed by atoms with Crippen molar-refractivity contribution in [3.8, 4) is 0 Å². The van der Waals surface area contributed by atoms with Gasteiger partial charge in [0, 0.05) is 65.3 Å². The van der Waals surface area contributed by atoms with Gasteiger partial charge in [-0.2, -0.15) is 9.13 Å². The van der Waals surface area contributed by atoms with Crippen LogP contribution in [0, 0.1) is 69.5 Å². The summed E-state index contributed by atoms with van der Waals surface area (Å²) >= 11 is 3.36. The number of nitrogens with zero attached hydrogens (tertiary/aromatic N) is 4. The smallest absolute Gasteiger partial charge is 0.207 e. The molecule has 4 aromatic rings. The summed E-state index contributed by atoms with van der Waals surface area (Å²) in [6.45, 7) is 1.02. The molecule has 4 heterocycles. The molecule has 72 heavy (non-hydrogen) atoms. The third kappa shape index (κ3) is 12.4. The van der Waals surface area contributed by atoms with Gasteiger partial charge in [-0.3, -0.25) is 28.7 Å². The molecule has 384 valence electrons. The molecule has 0 aliphatic heterocycles. The number of ketones is 3. The van der Waals surface area contributed by atoms with Crippen molar-refractivity contribution >= 4 is 57.6 Å². The normalized spacial score (nSPS) is 33.5. The molecule has 7 nitrogen and oxygen atoms in total. The van der Waals surface area contributed by atoms with Crippen LogP contribution in [-0.4, -0.2) is 39.8 Å². The van der Waals surface area contributed by atoms with E-state index in [1.165, 1.54) is 77.0 Å². The van der Waals surface area contributed by atoms with E-state index in [2.05, 4.69) is 108 Å². The average Bonchev–Trinajstić information content (AvgIpc) is 3.36. The number of alkyl halides is 2. The third-order valence-electron chi connectivity index (χ3n) is 18.8. The van der Waals surface area contributed by atoms with E-state index < -0.39 is 7.15 Å². The second kappa shape index (κ2) is 24.0. The van der Waals surface area contributed by atoms with Gasteiger partial charge in [-0.15, -0.1) is 0 Å². The Morgan fingerprint density at radius 3 is 0.944 bits per heavy atom. The van der Waals surface area contributed by atoms with Gasteiger partial charge in [-0.1, -0.05) is 40.2 Å². The molecule has 0 radical (unpaired) electrons. The first-order chi connectivity index (χ1) is 34.5. The summed E-state index contributed by atoms with van der Waals surface area (Å²) in [7, 11) is -1.00. The number of pyridine rings is 4. The first kappa shape index (κ1) is 53.3. The molecule has 0 N–H and O–H groups in total. The fourth-order valence-corrected chi connectivity index (χ4v) is 17.5. The standard InChI is InChI=1S/C36H44N2O2.C12H17BrO.C12H10N2.CH3F.2BrH/c39-33(35-17-27-11-28(18-35)13-29(12-27)19-35)23-37-7-3-25(4-8-37)1-2-26-5-9-38(10-6-26)24-34(40)36-20-30-14-31(21-36)16-32(15-30)22-36;13-7-11(14)12-4-8-1-9(5-12)3-10(2-8)6-12;1(11-3-7-13-8-4-11)2-12-5-9-14-10-6-12;1-2;;/h1-10,27-32H,11-24H2;8-10H,1-7H2;1-10H;1H3;2*1H/q+2;;;;;/p-2/b2-1+;;2-1+;;;/i;;;1D;;. The maximum Gasteiger partial charge on any atom is 0.207 e. The summed E-state index contributed by atoms with van der Waals surface area (Å²) in [5, 5.41) is 0.582. The van der Waals surface area contributed by atoms with Crippen molar-refractivity contribution in [2.24, 2.45) is 69.5 Å². The molecule has 0 aromatic carbocycles. The van der Waals surface area contributed by atoms with E-state index in [0.717, 1.165) is 114 Å². The Kier molecular flexibility index (Phi) is 17.8. The fraction of sp³-hybridized carbons (Fsp3) is 0.557. The van der Waals surface area contributed by atoms with Crippen LogP contribution in [-0.2, 0) is 27.5 Å². The van der Waals surface area contributed by atoms with E-state index in [1.807, 2.05) is 24.3 Å². The summed E-state index contributed by atoms with van der Waals surface area (Å²) in [6.07, 6.45) is 46.8. The van der Waals surface area contributed by atoms with E-state index in [-0.39, 0.29) is 50.2 Å². The van der Waals surface area contributed by atoms with Gasteiger partial charge in [0.2, 0.25) is 24.7 Å². The van der Waals surface area contributed by atoms with Crippen LogP contribution in [0.5, 0.6) is 0 Å². The topological polar surface area (TPSA) is 84.8 Å². The van der Waals surface area contributed by atoms with Crippen LogP contribution in [0.25, 0.3) is 24.3 Å². The van der Waals surface area contributed by atoms with Crippen LogP contribution in [0.15, 0.2) is 98.1 Å². The second-order valence-electron chi connectivity index (χ2n) is 23.8. The Labute approximate surface area is 458 Å². The summed E-state index contributed by atoms with van der Waals surface area (Å²) in [4.78, 5) is 46.8. The van der Waals surface area contributed by atoms with Crippen LogP contribution >= 0.6 is 15.9 Å². The second-order valence-corrected chi connectivity index (χ2v) is 24.4. The van der Waals surface area contributed by atoms with Gasteiger partial charge in [0.25, 0.3) is 0 Å². The highest BCUT2D eigenvalue weighted by Gasteiger charge is 2.57. The highest BCUT2D eigenvalue weighted by Crippen LogP contribution is 2.62. The quantitative estimate of drug-likeness (QED) is 0.121. The minimum absolute atomic E-state index is 0. The van der Waals surface area contributed by atoms with E-state index in [1.54, 1.807) is 24.8 Å². The Bertz CT molecular complexity index is 2290. The number of halogens is 4. The number of Topliss-reactive ketones (excluding diaryl/α,β-unsaturated/α-hetero) is 3. The number of aromatic nitrogens is 4. The predicted molar refractivity (Wildman–Crippen MR) is 277 cm³/mol. The molecule has 0 atom stereocenters. The highest BCUT2D eigenvalue weighted by molar-refractivity contribution is 9.09. The average molecular weight is 1170 g/mol. The minimum Gasteiger partial charge on any atom is -1.00 e. The Morgan fingerprint density at radius 1 is 0.486 bits per heavy atom. The minimum atomic E-state index is -1.00. The van der Waals surface area contributed by atoms with Gasteiger partial charge in [-0.25, -0.2) is 0 Å². The molecule has 0 spiro atoms. The molecule has 4 aromatic heterocycles. The summed E-state index contributed by atoms with van der Waals surface area (Å²) < 4.78 is 19.6. The van der Waals surface area contributed by atoms with Crippen LogP contribution in [0.4, 0.5) is 4.39 Å². The summed E-state index contributed by atoms with van der Waals surface area (Å²) in [5.74, 6) is 8.96. The molecule has 12 aliphatic rings. The lowest BCUT2D eigenvalue weighted by molar-refractivity contribution is -0.685. The lowest BCUT2D eigenvalue weighted by atomic mass is 9.48. The van der Waals surface area contributed by atoms with Crippen LogP contribution in [0.2, 0.25) is 0 Å². The van der Waals surface area contributed by atoms with Crippen molar-refractivity contribution in [3.05, 3.63) is 120 Å². The van der Waals surface area contributed by atoms with Crippen molar-refractivity contribution < 1.29 is 63.2 Å². The molecule has 0 saturated heterocycles. The van der Waals surface area contributed by atoms with E-state index in [0.29, 0.717) is 35.8 Å². The monoisotopic (exact) mass is 1170 g/mol. The van der Waals surface area contributed by atoms with Crippen molar-refractivity contribution in [3.63, 3.8) is 0 Å². The highest BCUT2D eigenvalue weighted by atomic mass is 79.9. The van der Waals surface area contributed by atoms with Crippen LogP contribution in [0.1, 0.15) is 139 Å². The summed E-state index contributed by atoms with van der Waals surface area (Å²) in [6, 6.07) is 16.3. The lowest BCUT2D eigenvalue weighted by Crippen LogP contribution is -3.00.